The van der Waals surface area contributed by atoms with Gasteiger partial charge in [0.05, 0.1) is 10.5 Å². The van der Waals surface area contributed by atoms with E-state index in [9.17, 15) is 18.0 Å². The molecule has 0 saturated heterocycles. The molecule has 0 aliphatic carbocycles. The summed E-state index contributed by atoms with van der Waals surface area (Å²) in [5.41, 5.74) is 6.32. The molecule has 0 atom stereocenters. The lowest BCUT2D eigenvalue weighted by atomic mass is 10.1. The van der Waals surface area contributed by atoms with Crippen molar-refractivity contribution in [2.45, 2.75) is 11.4 Å². The number of benzene rings is 2. The van der Waals surface area contributed by atoms with Gasteiger partial charge in [-0.25, -0.2) is 8.42 Å². The molecule has 7 heteroatoms. The number of sulfone groups is 1. The number of primary amides is 1. The number of nitrogens with one attached hydrogen (secondary N) is 1. The van der Waals surface area contributed by atoms with E-state index in [0.29, 0.717) is 11.1 Å². The first kappa shape index (κ1) is 16.7. The summed E-state index contributed by atoms with van der Waals surface area (Å²) in [5, 5.41) is 2.64. The van der Waals surface area contributed by atoms with E-state index in [4.69, 9.17) is 5.73 Å². The van der Waals surface area contributed by atoms with Crippen molar-refractivity contribution in [3.05, 3.63) is 65.2 Å². The van der Waals surface area contributed by atoms with E-state index >= 15 is 0 Å². The minimum Gasteiger partial charge on any atom is -0.366 e. The Hall–Kier alpha value is -2.67. The van der Waals surface area contributed by atoms with Gasteiger partial charge in [-0.3, -0.25) is 9.59 Å². The zero-order valence-corrected chi connectivity index (χ0v) is 13.3. The van der Waals surface area contributed by atoms with Gasteiger partial charge in [-0.05, 0) is 29.8 Å². The van der Waals surface area contributed by atoms with Crippen molar-refractivity contribution in [2.24, 2.45) is 5.73 Å². The van der Waals surface area contributed by atoms with E-state index in [2.05, 4.69) is 5.32 Å². The smallest absolute Gasteiger partial charge is 0.252 e. The summed E-state index contributed by atoms with van der Waals surface area (Å²) in [6.45, 7) is 0.151. The van der Waals surface area contributed by atoms with Crippen molar-refractivity contribution in [1.29, 1.82) is 0 Å². The summed E-state index contributed by atoms with van der Waals surface area (Å²) in [6.07, 6.45) is 1.05. The standard InChI is InChI=1S/C16H16N2O4S/c1-23(21,22)14-8-3-2-7-13(14)16(20)18-10-11-5-4-6-12(9-11)15(17)19/h2-9H,10H2,1H3,(H2,17,19)(H,18,20). The van der Waals surface area contributed by atoms with Gasteiger partial charge in [-0.2, -0.15) is 0 Å². The molecule has 0 spiro atoms. The van der Waals surface area contributed by atoms with Gasteiger partial charge < -0.3 is 11.1 Å². The summed E-state index contributed by atoms with van der Waals surface area (Å²) in [6, 6.07) is 12.5. The van der Waals surface area contributed by atoms with Crippen molar-refractivity contribution >= 4 is 21.7 Å². The number of hydrogen-bond donors (Lipinski definition) is 2. The van der Waals surface area contributed by atoms with Gasteiger partial charge in [-0.1, -0.05) is 24.3 Å². The maximum absolute atomic E-state index is 12.2. The second-order valence-electron chi connectivity index (χ2n) is 5.02. The van der Waals surface area contributed by atoms with E-state index in [0.717, 1.165) is 6.26 Å². The molecule has 3 N–H and O–H groups in total. The number of rotatable bonds is 5. The Morgan fingerprint density at radius 1 is 1.09 bits per heavy atom. The first-order valence-corrected chi connectivity index (χ1v) is 8.64. The number of carbonyl (C=O) groups is 2. The van der Waals surface area contributed by atoms with Crippen molar-refractivity contribution in [3.8, 4) is 0 Å². The molecule has 0 aliphatic heterocycles. The molecule has 0 heterocycles. The zero-order valence-electron chi connectivity index (χ0n) is 12.4. The first-order chi connectivity index (χ1) is 10.8. The molecule has 0 saturated carbocycles. The minimum atomic E-state index is -3.50. The fraction of sp³-hybridized carbons (Fsp3) is 0.125. The highest BCUT2D eigenvalue weighted by Gasteiger charge is 2.17. The molecule has 0 aliphatic rings. The monoisotopic (exact) mass is 332 g/mol. The third-order valence-corrected chi connectivity index (χ3v) is 4.35. The van der Waals surface area contributed by atoms with Gasteiger partial charge >= 0.3 is 0 Å². The van der Waals surface area contributed by atoms with Crippen molar-refractivity contribution in [1.82, 2.24) is 5.32 Å². The lowest BCUT2D eigenvalue weighted by molar-refractivity contribution is 0.0947. The Bertz CT molecular complexity index is 860. The molecule has 0 unspecified atom stereocenters. The maximum atomic E-state index is 12.2. The molecule has 0 bridgehead atoms. The lowest BCUT2D eigenvalue weighted by Crippen LogP contribution is -2.25. The predicted octanol–water partition coefficient (Wildman–Crippen LogP) is 1.12. The van der Waals surface area contributed by atoms with Crippen molar-refractivity contribution in [3.63, 3.8) is 0 Å². The number of amides is 2. The van der Waals surface area contributed by atoms with Crippen LogP contribution in [-0.4, -0.2) is 26.5 Å². The predicted molar refractivity (Wildman–Crippen MR) is 85.7 cm³/mol. The average molecular weight is 332 g/mol. The first-order valence-electron chi connectivity index (χ1n) is 6.75. The van der Waals surface area contributed by atoms with E-state index in [-0.39, 0.29) is 17.0 Å². The second-order valence-corrected chi connectivity index (χ2v) is 7.00. The molecule has 2 aromatic rings. The van der Waals surface area contributed by atoms with Crippen LogP contribution in [0.4, 0.5) is 0 Å². The van der Waals surface area contributed by atoms with Gasteiger partial charge in [-0.15, -0.1) is 0 Å². The molecule has 0 aromatic heterocycles. The molecule has 0 radical (unpaired) electrons. The largest absolute Gasteiger partial charge is 0.366 e. The van der Waals surface area contributed by atoms with Crippen LogP contribution in [0, 0.1) is 0 Å². The molecule has 23 heavy (non-hydrogen) atoms. The van der Waals surface area contributed by atoms with Crippen LogP contribution in [0.2, 0.25) is 0 Å². The second kappa shape index (κ2) is 6.62. The Labute approximate surface area is 134 Å². The third kappa shape index (κ3) is 4.17. The van der Waals surface area contributed by atoms with E-state index in [1.807, 2.05) is 0 Å². The van der Waals surface area contributed by atoms with Crippen LogP contribution < -0.4 is 11.1 Å². The summed E-state index contributed by atoms with van der Waals surface area (Å²) in [5.74, 6) is -1.06. The summed E-state index contributed by atoms with van der Waals surface area (Å²) in [7, 11) is -3.50. The van der Waals surface area contributed by atoms with E-state index < -0.39 is 21.7 Å². The highest BCUT2D eigenvalue weighted by molar-refractivity contribution is 7.90. The van der Waals surface area contributed by atoms with Crippen LogP contribution in [0.1, 0.15) is 26.3 Å². The highest BCUT2D eigenvalue weighted by atomic mass is 32.2. The molecular formula is C16H16N2O4S. The Balaban J connectivity index is 2.18. The van der Waals surface area contributed by atoms with Crippen LogP contribution in [-0.2, 0) is 16.4 Å². The Morgan fingerprint density at radius 2 is 1.78 bits per heavy atom. The van der Waals surface area contributed by atoms with Gasteiger partial charge in [0.15, 0.2) is 9.84 Å². The van der Waals surface area contributed by atoms with E-state index in [1.54, 1.807) is 36.4 Å². The average Bonchev–Trinajstić information content (AvgIpc) is 2.52. The van der Waals surface area contributed by atoms with Crippen LogP contribution in [0.25, 0.3) is 0 Å². The molecule has 6 nitrogen and oxygen atoms in total. The fourth-order valence-corrected chi connectivity index (χ4v) is 2.98. The molecule has 120 valence electrons. The molecule has 2 amide bonds. The number of hydrogen-bond acceptors (Lipinski definition) is 4. The topological polar surface area (TPSA) is 106 Å². The highest BCUT2D eigenvalue weighted by Crippen LogP contribution is 2.15. The third-order valence-electron chi connectivity index (χ3n) is 3.20. The minimum absolute atomic E-state index is 0.0246. The van der Waals surface area contributed by atoms with Gasteiger partial charge in [0.2, 0.25) is 5.91 Å². The molecule has 0 fully saturated rings. The molecular weight excluding hydrogens is 316 g/mol. The fourth-order valence-electron chi connectivity index (χ4n) is 2.09. The van der Waals surface area contributed by atoms with E-state index in [1.165, 1.54) is 12.1 Å². The summed E-state index contributed by atoms with van der Waals surface area (Å²) >= 11 is 0. The zero-order chi connectivity index (χ0) is 17.0. The normalized spacial score (nSPS) is 11.0. The van der Waals surface area contributed by atoms with Gasteiger partial charge in [0, 0.05) is 18.4 Å². The molecule has 2 rings (SSSR count). The van der Waals surface area contributed by atoms with Gasteiger partial charge in [0.1, 0.15) is 0 Å². The van der Waals surface area contributed by atoms with Crippen molar-refractivity contribution < 1.29 is 18.0 Å². The van der Waals surface area contributed by atoms with Gasteiger partial charge in [0.25, 0.3) is 5.91 Å². The Kier molecular flexibility index (Phi) is 4.80. The lowest BCUT2D eigenvalue weighted by Gasteiger charge is -2.09. The summed E-state index contributed by atoms with van der Waals surface area (Å²) < 4.78 is 23.4. The van der Waals surface area contributed by atoms with Crippen LogP contribution in [0.3, 0.4) is 0 Å². The molecule has 2 aromatic carbocycles. The quantitative estimate of drug-likeness (QED) is 0.855. The SMILES string of the molecule is CS(=O)(=O)c1ccccc1C(=O)NCc1cccc(C(N)=O)c1. The maximum Gasteiger partial charge on any atom is 0.252 e. The summed E-state index contributed by atoms with van der Waals surface area (Å²) in [4.78, 5) is 23.3. The van der Waals surface area contributed by atoms with Crippen LogP contribution in [0.15, 0.2) is 53.4 Å². The van der Waals surface area contributed by atoms with Crippen LogP contribution in [0.5, 0.6) is 0 Å². The number of nitrogens with two attached hydrogens (primary N) is 1. The number of carbonyl (C=O) groups excluding carboxylic acids is 2. The van der Waals surface area contributed by atoms with Crippen molar-refractivity contribution in [2.75, 3.05) is 6.26 Å². The Morgan fingerprint density at radius 3 is 2.43 bits per heavy atom. The van der Waals surface area contributed by atoms with Crippen LogP contribution >= 0.6 is 0 Å².